The van der Waals surface area contributed by atoms with Crippen LogP contribution in [0.25, 0.3) is 0 Å². The molecule has 20 heavy (non-hydrogen) atoms. The molecule has 0 N–H and O–H groups in total. The Bertz CT molecular complexity index is 230. The first kappa shape index (κ1) is 18.0. The minimum absolute atomic E-state index is 0.390. The van der Waals surface area contributed by atoms with Crippen LogP contribution in [0.4, 0.5) is 0 Å². The van der Waals surface area contributed by atoms with Gasteiger partial charge in [0.2, 0.25) is 0 Å². The summed E-state index contributed by atoms with van der Waals surface area (Å²) in [5.41, 5.74) is 0. The van der Waals surface area contributed by atoms with E-state index >= 15 is 0 Å². The predicted molar refractivity (Wildman–Crippen MR) is 85.9 cm³/mol. The van der Waals surface area contributed by atoms with E-state index in [9.17, 15) is 0 Å². The van der Waals surface area contributed by atoms with Gasteiger partial charge in [-0.2, -0.15) is 0 Å². The molecule has 1 aliphatic rings. The highest BCUT2D eigenvalue weighted by molar-refractivity contribution is 4.84. The Morgan fingerprint density at radius 2 is 1.50 bits per heavy atom. The van der Waals surface area contributed by atoms with Gasteiger partial charge in [-0.25, -0.2) is 0 Å². The van der Waals surface area contributed by atoms with E-state index in [1.165, 1.54) is 70.6 Å². The molecule has 1 aliphatic carbocycles. The summed E-state index contributed by atoms with van der Waals surface area (Å²) in [5.74, 6) is 0.972. The van der Waals surface area contributed by atoms with Crippen molar-refractivity contribution in [3.63, 3.8) is 0 Å². The zero-order chi connectivity index (χ0) is 14.8. The van der Waals surface area contributed by atoms with Crippen molar-refractivity contribution in [1.82, 2.24) is 0 Å². The smallest absolute Gasteiger partial charge is 0.167 e. The molecule has 0 aromatic rings. The summed E-state index contributed by atoms with van der Waals surface area (Å²) in [5, 5.41) is 0. The molecule has 1 rings (SSSR count). The molecule has 2 heteroatoms. The Balaban J connectivity index is 2.42. The molecule has 0 aromatic carbocycles. The predicted octanol–water partition coefficient (Wildman–Crippen LogP) is 5.55. The van der Waals surface area contributed by atoms with Crippen molar-refractivity contribution in [3.05, 3.63) is 0 Å². The van der Waals surface area contributed by atoms with Gasteiger partial charge in [-0.05, 0) is 32.1 Å². The Labute approximate surface area is 126 Å². The van der Waals surface area contributed by atoms with Crippen LogP contribution in [0.3, 0.4) is 0 Å². The highest BCUT2D eigenvalue weighted by Crippen LogP contribution is 2.41. The van der Waals surface area contributed by atoms with E-state index in [0.717, 1.165) is 5.92 Å². The molecule has 1 atom stereocenters. The van der Waals surface area contributed by atoms with Crippen LogP contribution in [0.2, 0.25) is 0 Å². The minimum atomic E-state index is -0.390. The fourth-order valence-electron chi connectivity index (χ4n) is 3.82. The van der Waals surface area contributed by atoms with Crippen LogP contribution in [0.5, 0.6) is 0 Å². The van der Waals surface area contributed by atoms with Crippen LogP contribution in [0, 0.1) is 11.8 Å². The van der Waals surface area contributed by atoms with Crippen molar-refractivity contribution in [3.8, 4) is 0 Å². The molecule has 0 amide bonds. The average molecular weight is 284 g/mol. The maximum atomic E-state index is 5.73. The quantitative estimate of drug-likeness (QED) is 0.366. The third kappa shape index (κ3) is 5.37. The fourth-order valence-corrected chi connectivity index (χ4v) is 3.82. The zero-order valence-corrected chi connectivity index (χ0v) is 14.2. The first-order chi connectivity index (χ1) is 9.68. The summed E-state index contributed by atoms with van der Waals surface area (Å²) < 4.78 is 11.5. The zero-order valence-electron chi connectivity index (χ0n) is 14.2. The largest absolute Gasteiger partial charge is 0.353 e. The molecule has 120 valence electrons. The van der Waals surface area contributed by atoms with Gasteiger partial charge in [0.1, 0.15) is 0 Å². The van der Waals surface area contributed by atoms with Crippen molar-refractivity contribution in [2.75, 3.05) is 14.2 Å². The van der Waals surface area contributed by atoms with E-state index in [1.807, 2.05) is 0 Å². The second-order valence-electron chi connectivity index (χ2n) is 6.63. The van der Waals surface area contributed by atoms with Crippen LogP contribution in [0.15, 0.2) is 0 Å². The van der Waals surface area contributed by atoms with Crippen LogP contribution >= 0.6 is 0 Å². The van der Waals surface area contributed by atoms with E-state index in [4.69, 9.17) is 9.47 Å². The monoisotopic (exact) mass is 284 g/mol. The lowest BCUT2D eigenvalue weighted by atomic mass is 9.80. The maximum Gasteiger partial charge on any atom is 0.167 e. The number of methoxy groups -OCH3 is 2. The van der Waals surface area contributed by atoms with Gasteiger partial charge < -0.3 is 9.47 Å². The number of unbranched alkanes of at least 4 members (excludes halogenated alkanes) is 5. The van der Waals surface area contributed by atoms with Gasteiger partial charge >= 0.3 is 0 Å². The number of rotatable bonds is 11. The molecule has 0 heterocycles. The molecule has 0 spiro atoms. The highest BCUT2D eigenvalue weighted by atomic mass is 16.7. The van der Waals surface area contributed by atoms with E-state index in [0.29, 0.717) is 5.92 Å². The standard InChI is InChI=1S/C18H36O2/c1-5-6-7-8-9-10-15-17(16-13-11-12-14-16)18(2,19-3)20-4/h16-17H,5-15H2,1-4H3. The van der Waals surface area contributed by atoms with Crippen LogP contribution < -0.4 is 0 Å². The van der Waals surface area contributed by atoms with E-state index < -0.39 is 5.79 Å². The summed E-state index contributed by atoms with van der Waals surface area (Å²) in [6.07, 6.45) is 15.0. The summed E-state index contributed by atoms with van der Waals surface area (Å²) in [6, 6.07) is 0. The second-order valence-corrected chi connectivity index (χ2v) is 6.63. The Kier molecular flexibility index (Phi) is 8.79. The lowest BCUT2D eigenvalue weighted by molar-refractivity contribution is -0.238. The van der Waals surface area contributed by atoms with Gasteiger partial charge in [0.15, 0.2) is 5.79 Å². The Hall–Kier alpha value is -0.0800. The molecule has 1 unspecified atom stereocenters. The summed E-state index contributed by atoms with van der Waals surface area (Å²) in [6.45, 7) is 4.41. The van der Waals surface area contributed by atoms with Crippen molar-refractivity contribution >= 4 is 0 Å². The van der Waals surface area contributed by atoms with E-state index in [-0.39, 0.29) is 0 Å². The SMILES string of the molecule is CCCCCCCCC(C1CCCC1)C(C)(OC)OC. The van der Waals surface area contributed by atoms with E-state index in [2.05, 4.69) is 13.8 Å². The molecule has 0 saturated heterocycles. The lowest BCUT2D eigenvalue weighted by Gasteiger charge is -2.39. The summed E-state index contributed by atoms with van der Waals surface area (Å²) >= 11 is 0. The molecular weight excluding hydrogens is 248 g/mol. The highest BCUT2D eigenvalue weighted by Gasteiger charge is 2.40. The van der Waals surface area contributed by atoms with Gasteiger partial charge in [0.05, 0.1) is 0 Å². The number of hydrogen-bond donors (Lipinski definition) is 0. The van der Waals surface area contributed by atoms with Crippen LogP contribution in [0.1, 0.15) is 84.5 Å². The fraction of sp³-hybridized carbons (Fsp3) is 1.00. The number of ether oxygens (including phenoxy) is 2. The van der Waals surface area contributed by atoms with Crippen LogP contribution in [-0.4, -0.2) is 20.0 Å². The van der Waals surface area contributed by atoms with Crippen molar-refractivity contribution < 1.29 is 9.47 Å². The van der Waals surface area contributed by atoms with Gasteiger partial charge in [0, 0.05) is 20.1 Å². The second kappa shape index (κ2) is 9.78. The molecule has 1 fully saturated rings. The lowest BCUT2D eigenvalue weighted by Crippen LogP contribution is -2.42. The van der Waals surface area contributed by atoms with Crippen LogP contribution in [-0.2, 0) is 9.47 Å². The topological polar surface area (TPSA) is 18.5 Å². The third-order valence-electron chi connectivity index (χ3n) is 5.32. The molecule has 0 aliphatic heterocycles. The molecule has 2 nitrogen and oxygen atoms in total. The van der Waals surface area contributed by atoms with Crippen molar-refractivity contribution in [2.45, 2.75) is 90.3 Å². The van der Waals surface area contributed by atoms with Gasteiger partial charge in [-0.3, -0.25) is 0 Å². The molecule has 0 bridgehead atoms. The Morgan fingerprint density at radius 1 is 0.950 bits per heavy atom. The average Bonchev–Trinajstić information content (AvgIpc) is 2.99. The third-order valence-corrected chi connectivity index (χ3v) is 5.32. The number of hydrogen-bond acceptors (Lipinski definition) is 2. The Morgan fingerprint density at radius 3 is 2.05 bits per heavy atom. The maximum absolute atomic E-state index is 5.73. The van der Waals surface area contributed by atoms with Gasteiger partial charge in [-0.15, -0.1) is 0 Å². The molecule has 1 saturated carbocycles. The van der Waals surface area contributed by atoms with Gasteiger partial charge in [0.25, 0.3) is 0 Å². The minimum Gasteiger partial charge on any atom is -0.353 e. The first-order valence-corrected chi connectivity index (χ1v) is 8.78. The molecular formula is C18H36O2. The van der Waals surface area contributed by atoms with E-state index in [1.54, 1.807) is 14.2 Å². The molecule has 0 aromatic heterocycles. The summed E-state index contributed by atoms with van der Waals surface area (Å²) in [4.78, 5) is 0. The van der Waals surface area contributed by atoms with Crippen molar-refractivity contribution in [2.24, 2.45) is 11.8 Å². The molecule has 0 radical (unpaired) electrons. The first-order valence-electron chi connectivity index (χ1n) is 8.78. The normalized spacial score (nSPS) is 18.6. The van der Waals surface area contributed by atoms with Crippen molar-refractivity contribution in [1.29, 1.82) is 0 Å². The van der Waals surface area contributed by atoms with Gasteiger partial charge in [-0.1, -0.05) is 58.3 Å². The summed E-state index contributed by atoms with van der Waals surface area (Å²) in [7, 11) is 3.60.